The Morgan fingerprint density at radius 3 is 3.00 bits per heavy atom. The molecule has 0 radical (unpaired) electrons. The number of halogens is 1. The van der Waals surface area contributed by atoms with E-state index in [0.717, 1.165) is 5.52 Å². The lowest BCUT2D eigenvalue weighted by atomic mass is 10.4. The quantitative estimate of drug-likeness (QED) is 0.828. The van der Waals surface area contributed by atoms with E-state index in [1.54, 1.807) is 18.3 Å². The van der Waals surface area contributed by atoms with E-state index in [9.17, 15) is 4.79 Å². The van der Waals surface area contributed by atoms with Crippen molar-refractivity contribution in [3.63, 3.8) is 0 Å². The molecule has 0 saturated carbocycles. The van der Waals surface area contributed by atoms with Gasteiger partial charge < -0.3 is 5.11 Å². The molecule has 66 valence electrons. The minimum Gasteiger partial charge on any atom is -0.475 e. The second-order valence-electron chi connectivity index (χ2n) is 2.49. The lowest BCUT2D eigenvalue weighted by Gasteiger charge is -1.93. The molecular formula is C8H5BrN2O2. The molecule has 0 aliphatic rings. The fraction of sp³-hybridized carbons (Fsp3) is 0. The summed E-state index contributed by atoms with van der Waals surface area (Å²) in [5, 5.41) is 8.79. The second-order valence-corrected chi connectivity index (χ2v) is 3.24. The van der Waals surface area contributed by atoms with Crippen molar-refractivity contribution in [3.05, 3.63) is 34.8 Å². The van der Waals surface area contributed by atoms with E-state index >= 15 is 0 Å². The summed E-state index contributed by atoms with van der Waals surface area (Å²) in [4.78, 5) is 14.6. The molecule has 0 aliphatic heterocycles. The van der Waals surface area contributed by atoms with E-state index < -0.39 is 5.97 Å². The number of carbonyl (C=O) groups is 1. The van der Waals surface area contributed by atoms with Gasteiger partial charge in [0, 0.05) is 6.20 Å². The lowest BCUT2D eigenvalue weighted by molar-refractivity contribution is 0.0682. The molecule has 1 N–H and O–H groups in total. The molecule has 2 aromatic rings. The Hall–Kier alpha value is -1.36. The van der Waals surface area contributed by atoms with Crippen LogP contribution in [0.2, 0.25) is 0 Å². The van der Waals surface area contributed by atoms with Gasteiger partial charge in [0.25, 0.3) is 0 Å². The number of imidazole rings is 1. The van der Waals surface area contributed by atoms with Crippen molar-refractivity contribution in [1.82, 2.24) is 9.38 Å². The molecule has 0 atom stereocenters. The summed E-state index contributed by atoms with van der Waals surface area (Å²) in [6.45, 7) is 0. The summed E-state index contributed by atoms with van der Waals surface area (Å²) in [6, 6.07) is 5.38. The molecular weight excluding hydrogens is 236 g/mol. The van der Waals surface area contributed by atoms with Gasteiger partial charge in [-0.2, -0.15) is 0 Å². The van der Waals surface area contributed by atoms with Crippen molar-refractivity contribution in [2.75, 3.05) is 0 Å². The number of pyridine rings is 1. The molecule has 0 bridgehead atoms. The van der Waals surface area contributed by atoms with Gasteiger partial charge in [-0.05, 0) is 28.1 Å². The minimum atomic E-state index is -1.04. The average Bonchev–Trinajstić information content (AvgIpc) is 2.45. The first-order chi connectivity index (χ1) is 6.20. The number of carboxylic acid groups (broad SMARTS) is 1. The molecule has 2 heterocycles. The largest absolute Gasteiger partial charge is 0.475 e. The van der Waals surface area contributed by atoms with Crippen molar-refractivity contribution in [1.29, 1.82) is 0 Å². The Balaban J connectivity index is 2.85. The molecule has 0 aromatic carbocycles. The molecule has 0 saturated heterocycles. The van der Waals surface area contributed by atoms with Crippen molar-refractivity contribution < 1.29 is 9.90 Å². The number of hydrogen-bond donors (Lipinski definition) is 1. The van der Waals surface area contributed by atoms with Gasteiger partial charge in [0.2, 0.25) is 5.82 Å². The van der Waals surface area contributed by atoms with Crippen LogP contribution in [-0.2, 0) is 0 Å². The van der Waals surface area contributed by atoms with E-state index in [4.69, 9.17) is 5.11 Å². The maximum atomic E-state index is 10.7. The molecule has 2 rings (SSSR count). The number of aromatic carboxylic acids is 1. The average molecular weight is 241 g/mol. The molecule has 4 nitrogen and oxygen atoms in total. The molecule has 0 aliphatic carbocycles. The minimum absolute atomic E-state index is 0.0162. The van der Waals surface area contributed by atoms with Gasteiger partial charge in [0.05, 0.1) is 5.52 Å². The number of carboxylic acids is 1. The summed E-state index contributed by atoms with van der Waals surface area (Å²) in [7, 11) is 0. The molecule has 5 heteroatoms. The zero-order valence-corrected chi connectivity index (χ0v) is 8.02. The molecule has 2 aromatic heterocycles. The van der Waals surface area contributed by atoms with Crippen LogP contribution in [0.5, 0.6) is 0 Å². The highest BCUT2D eigenvalue weighted by Gasteiger charge is 2.13. The van der Waals surface area contributed by atoms with Crippen LogP contribution in [0.3, 0.4) is 0 Å². The van der Waals surface area contributed by atoms with Gasteiger partial charge in [-0.25, -0.2) is 9.78 Å². The Kier molecular flexibility index (Phi) is 1.81. The van der Waals surface area contributed by atoms with Gasteiger partial charge in [-0.1, -0.05) is 6.07 Å². The first-order valence-electron chi connectivity index (χ1n) is 3.56. The van der Waals surface area contributed by atoms with Crippen LogP contribution in [0.15, 0.2) is 29.0 Å². The first-order valence-corrected chi connectivity index (χ1v) is 4.35. The van der Waals surface area contributed by atoms with E-state index in [1.165, 1.54) is 4.40 Å². The normalized spacial score (nSPS) is 10.5. The summed E-state index contributed by atoms with van der Waals surface area (Å²) in [5.74, 6) is -1.02. The predicted molar refractivity (Wildman–Crippen MR) is 49.9 cm³/mol. The predicted octanol–water partition coefficient (Wildman–Crippen LogP) is 1.79. The third-order valence-electron chi connectivity index (χ3n) is 1.69. The van der Waals surface area contributed by atoms with Gasteiger partial charge in [-0.3, -0.25) is 4.40 Å². The van der Waals surface area contributed by atoms with Crippen molar-refractivity contribution in [2.45, 2.75) is 0 Å². The zero-order chi connectivity index (χ0) is 9.42. The van der Waals surface area contributed by atoms with Gasteiger partial charge in [0.1, 0.15) is 4.60 Å². The monoisotopic (exact) mass is 240 g/mol. The Morgan fingerprint density at radius 2 is 2.31 bits per heavy atom. The highest BCUT2D eigenvalue weighted by Crippen LogP contribution is 2.18. The van der Waals surface area contributed by atoms with Crippen molar-refractivity contribution in [2.24, 2.45) is 0 Å². The van der Waals surface area contributed by atoms with Crippen LogP contribution >= 0.6 is 15.9 Å². The van der Waals surface area contributed by atoms with E-state index in [2.05, 4.69) is 20.9 Å². The number of fused-ring (bicyclic) bond motifs is 1. The van der Waals surface area contributed by atoms with Gasteiger partial charge in [-0.15, -0.1) is 0 Å². The van der Waals surface area contributed by atoms with E-state index in [-0.39, 0.29) is 5.82 Å². The maximum absolute atomic E-state index is 10.7. The van der Waals surface area contributed by atoms with Crippen molar-refractivity contribution >= 4 is 27.4 Å². The van der Waals surface area contributed by atoms with Crippen molar-refractivity contribution in [3.8, 4) is 0 Å². The fourth-order valence-electron chi connectivity index (χ4n) is 1.15. The third-order valence-corrected chi connectivity index (χ3v) is 2.28. The summed E-state index contributed by atoms with van der Waals surface area (Å²) in [6.07, 6.45) is 1.66. The third kappa shape index (κ3) is 1.21. The molecule has 13 heavy (non-hydrogen) atoms. The van der Waals surface area contributed by atoms with E-state index in [0.29, 0.717) is 4.60 Å². The maximum Gasteiger partial charge on any atom is 0.372 e. The Labute approximate surface area is 82.0 Å². The molecule has 0 fully saturated rings. The highest BCUT2D eigenvalue weighted by atomic mass is 79.9. The Bertz CT molecular complexity index is 478. The number of hydrogen-bond acceptors (Lipinski definition) is 2. The van der Waals surface area contributed by atoms with Crippen LogP contribution in [0.1, 0.15) is 10.6 Å². The molecule has 0 amide bonds. The number of nitrogens with zero attached hydrogens (tertiary/aromatic N) is 2. The van der Waals surface area contributed by atoms with Gasteiger partial charge in [0.15, 0.2) is 0 Å². The second kappa shape index (κ2) is 2.85. The van der Waals surface area contributed by atoms with Crippen LogP contribution < -0.4 is 0 Å². The van der Waals surface area contributed by atoms with Gasteiger partial charge >= 0.3 is 5.97 Å². The SMILES string of the molecule is O=C(O)c1nc(Br)c2ccccn12. The standard InChI is InChI=1S/C8H5BrN2O2/c9-6-5-3-1-2-4-11(5)7(10-6)8(12)13/h1-4H,(H,12,13). The number of rotatable bonds is 1. The first kappa shape index (κ1) is 8.25. The Morgan fingerprint density at radius 1 is 1.54 bits per heavy atom. The number of aromatic nitrogens is 2. The van der Waals surface area contributed by atoms with E-state index in [1.807, 2.05) is 6.07 Å². The zero-order valence-electron chi connectivity index (χ0n) is 6.44. The molecule has 0 unspecified atom stereocenters. The lowest BCUT2D eigenvalue weighted by Crippen LogP contribution is -2.02. The van der Waals surface area contributed by atoms with Crippen LogP contribution in [-0.4, -0.2) is 20.5 Å². The smallest absolute Gasteiger partial charge is 0.372 e. The summed E-state index contributed by atoms with van der Waals surface area (Å²) < 4.78 is 2.07. The highest BCUT2D eigenvalue weighted by molar-refractivity contribution is 9.10. The fourth-order valence-corrected chi connectivity index (χ4v) is 1.64. The van der Waals surface area contributed by atoms with Crippen LogP contribution in [0.25, 0.3) is 5.52 Å². The topological polar surface area (TPSA) is 54.6 Å². The van der Waals surface area contributed by atoms with Crippen LogP contribution in [0, 0.1) is 0 Å². The molecule has 0 spiro atoms. The summed E-state index contributed by atoms with van der Waals surface area (Å²) in [5.41, 5.74) is 0.750. The summed E-state index contributed by atoms with van der Waals surface area (Å²) >= 11 is 3.19. The van der Waals surface area contributed by atoms with Crippen LogP contribution in [0.4, 0.5) is 0 Å².